The summed E-state index contributed by atoms with van der Waals surface area (Å²) in [4.78, 5) is 22.6. The second kappa shape index (κ2) is 6.49. The molecule has 0 aliphatic carbocycles. The minimum absolute atomic E-state index is 0.00668. The van der Waals surface area contributed by atoms with Crippen LogP contribution in [-0.2, 0) is 39.1 Å². The van der Waals surface area contributed by atoms with Crippen molar-refractivity contribution < 1.29 is 27.5 Å². The first-order chi connectivity index (χ1) is 10.8. The zero-order valence-corrected chi connectivity index (χ0v) is 13.9. The number of nitrogens with one attached hydrogen (secondary N) is 2. The molecule has 23 heavy (non-hydrogen) atoms. The zero-order chi connectivity index (χ0) is 17.2. The molecule has 0 fully saturated rings. The van der Waals surface area contributed by atoms with Gasteiger partial charge in [0.2, 0.25) is 0 Å². The molecule has 2 rings (SSSR count). The third-order valence-corrected chi connectivity index (χ3v) is 5.47. The van der Waals surface area contributed by atoms with Gasteiger partial charge in [-0.3, -0.25) is 0 Å². The zero-order valence-electron chi connectivity index (χ0n) is 13.1. The third-order valence-electron chi connectivity index (χ3n) is 3.69. The lowest BCUT2D eigenvalue weighted by atomic mass is 10.2. The van der Waals surface area contributed by atoms with Gasteiger partial charge in [0.1, 0.15) is 18.2 Å². The maximum absolute atomic E-state index is 12.3. The Morgan fingerprint density at radius 2 is 1.61 bits per heavy atom. The second-order valence-corrected chi connectivity index (χ2v) is 6.99. The molecule has 0 unspecified atom stereocenters. The Balaban J connectivity index is 2.40. The third kappa shape index (κ3) is 3.26. The van der Waals surface area contributed by atoms with Crippen LogP contribution in [0.3, 0.4) is 0 Å². The Bertz CT molecular complexity index is 737. The smallest absolute Gasteiger partial charge is 0.407 e. The van der Waals surface area contributed by atoms with E-state index < -0.39 is 22.0 Å². The lowest BCUT2D eigenvalue weighted by molar-refractivity contribution is 0.133. The molecule has 0 bridgehead atoms. The Morgan fingerprint density at radius 1 is 1.09 bits per heavy atom. The first-order valence-corrected chi connectivity index (χ1v) is 8.59. The SMILES string of the molecule is CNC(=O)OCc1c(COC(=O)NC)c2n(c1C)CCS2(=O)=O. The van der Waals surface area contributed by atoms with Crippen LogP contribution in [0.1, 0.15) is 16.8 Å². The van der Waals surface area contributed by atoms with Crippen LogP contribution in [0.2, 0.25) is 0 Å². The molecule has 0 atom stereocenters. The van der Waals surface area contributed by atoms with E-state index in [1.54, 1.807) is 11.5 Å². The molecular formula is C13H19N3O6S. The Kier molecular flexibility index (Phi) is 4.83. The molecule has 10 heteroatoms. The molecule has 0 spiro atoms. The highest BCUT2D eigenvalue weighted by molar-refractivity contribution is 7.91. The summed E-state index contributed by atoms with van der Waals surface area (Å²) in [7, 11) is -0.609. The molecule has 0 aromatic carbocycles. The number of alkyl carbamates (subject to hydrolysis) is 2. The van der Waals surface area contributed by atoms with Gasteiger partial charge in [0.25, 0.3) is 0 Å². The number of carbonyl (C=O) groups is 2. The minimum atomic E-state index is -3.44. The van der Waals surface area contributed by atoms with Gasteiger partial charge in [-0.2, -0.15) is 0 Å². The highest BCUT2D eigenvalue weighted by Crippen LogP contribution is 2.33. The van der Waals surface area contributed by atoms with Gasteiger partial charge in [0.15, 0.2) is 9.84 Å². The van der Waals surface area contributed by atoms with E-state index >= 15 is 0 Å². The quantitative estimate of drug-likeness (QED) is 0.811. The van der Waals surface area contributed by atoms with Gasteiger partial charge in [-0.1, -0.05) is 0 Å². The number of amides is 2. The van der Waals surface area contributed by atoms with Crippen molar-refractivity contribution in [3.63, 3.8) is 0 Å². The van der Waals surface area contributed by atoms with Crippen molar-refractivity contribution in [1.82, 2.24) is 15.2 Å². The Hall–Kier alpha value is -2.23. The standard InChI is InChI=1S/C13H19N3O6S/c1-8-9(6-21-12(17)14-2)10(7-22-13(18)15-3)11-16(8)4-5-23(11,19)20/h4-7H2,1-3H3,(H,14,17)(H,15,18). The normalized spacial score (nSPS) is 14.9. The number of nitrogens with zero attached hydrogens (tertiary/aromatic N) is 1. The number of rotatable bonds is 4. The van der Waals surface area contributed by atoms with Crippen LogP contribution < -0.4 is 10.6 Å². The van der Waals surface area contributed by atoms with Crippen molar-refractivity contribution in [1.29, 1.82) is 0 Å². The molecule has 1 aliphatic rings. The average molecular weight is 345 g/mol. The Labute approximate surface area is 133 Å². The van der Waals surface area contributed by atoms with E-state index in [1.165, 1.54) is 14.1 Å². The predicted molar refractivity (Wildman–Crippen MR) is 79.7 cm³/mol. The summed E-state index contributed by atoms with van der Waals surface area (Å²) in [5, 5.41) is 4.75. The van der Waals surface area contributed by atoms with E-state index in [-0.39, 0.29) is 24.0 Å². The van der Waals surface area contributed by atoms with Gasteiger partial charge >= 0.3 is 12.2 Å². The summed E-state index contributed by atoms with van der Waals surface area (Å²) in [6.45, 7) is 1.76. The maximum Gasteiger partial charge on any atom is 0.407 e. The maximum atomic E-state index is 12.3. The van der Waals surface area contributed by atoms with E-state index in [0.717, 1.165) is 0 Å². The number of hydrogen-bond acceptors (Lipinski definition) is 6. The summed E-state index contributed by atoms with van der Waals surface area (Å²) in [6, 6.07) is 0. The summed E-state index contributed by atoms with van der Waals surface area (Å²) in [6.07, 6.45) is -1.30. The van der Waals surface area contributed by atoms with Crippen LogP contribution in [-0.4, -0.2) is 45.0 Å². The molecule has 2 amide bonds. The van der Waals surface area contributed by atoms with Gasteiger partial charge in [-0.25, -0.2) is 18.0 Å². The number of fused-ring (bicyclic) bond motifs is 1. The van der Waals surface area contributed by atoms with Gasteiger partial charge in [-0.05, 0) is 6.92 Å². The Morgan fingerprint density at radius 3 is 2.13 bits per heavy atom. The monoisotopic (exact) mass is 345 g/mol. The van der Waals surface area contributed by atoms with Crippen molar-refractivity contribution in [2.24, 2.45) is 0 Å². The molecule has 1 aromatic rings. The lowest BCUT2D eigenvalue weighted by Crippen LogP contribution is -2.21. The van der Waals surface area contributed by atoms with Crippen molar-refractivity contribution >= 4 is 22.0 Å². The topological polar surface area (TPSA) is 116 Å². The summed E-state index contributed by atoms with van der Waals surface area (Å²) >= 11 is 0. The van der Waals surface area contributed by atoms with Crippen LogP contribution in [0.15, 0.2) is 5.03 Å². The van der Waals surface area contributed by atoms with E-state index in [0.29, 0.717) is 23.4 Å². The lowest BCUT2D eigenvalue weighted by Gasteiger charge is -2.09. The summed E-state index contributed by atoms with van der Waals surface area (Å²) in [5.74, 6) is 0.00668. The molecule has 2 N–H and O–H groups in total. The summed E-state index contributed by atoms with van der Waals surface area (Å²) in [5.41, 5.74) is 1.57. The molecule has 9 nitrogen and oxygen atoms in total. The van der Waals surface area contributed by atoms with Crippen LogP contribution in [0.25, 0.3) is 0 Å². The molecule has 1 aliphatic heterocycles. The fourth-order valence-electron chi connectivity index (χ4n) is 2.52. The van der Waals surface area contributed by atoms with Crippen LogP contribution in [0, 0.1) is 6.92 Å². The molecule has 2 heterocycles. The van der Waals surface area contributed by atoms with Crippen LogP contribution in [0.5, 0.6) is 0 Å². The molecule has 128 valence electrons. The van der Waals surface area contributed by atoms with Crippen molar-refractivity contribution in [2.75, 3.05) is 19.8 Å². The van der Waals surface area contributed by atoms with Gasteiger partial charge in [0, 0.05) is 37.5 Å². The van der Waals surface area contributed by atoms with Crippen molar-refractivity contribution in [2.45, 2.75) is 31.7 Å². The largest absolute Gasteiger partial charge is 0.445 e. The number of sulfone groups is 1. The van der Waals surface area contributed by atoms with Crippen LogP contribution >= 0.6 is 0 Å². The van der Waals surface area contributed by atoms with Gasteiger partial charge < -0.3 is 24.7 Å². The molecule has 0 radical (unpaired) electrons. The van der Waals surface area contributed by atoms with E-state index in [2.05, 4.69) is 10.6 Å². The van der Waals surface area contributed by atoms with Gasteiger partial charge in [-0.15, -0.1) is 0 Å². The van der Waals surface area contributed by atoms with Crippen LogP contribution in [0.4, 0.5) is 9.59 Å². The van der Waals surface area contributed by atoms with E-state index in [9.17, 15) is 18.0 Å². The summed E-state index contributed by atoms with van der Waals surface area (Å²) < 4.78 is 36.2. The highest BCUT2D eigenvalue weighted by atomic mass is 32.2. The predicted octanol–water partition coefficient (Wildman–Crippen LogP) is 0.296. The second-order valence-electron chi connectivity index (χ2n) is 4.97. The molecule has 0 saturated heterocycles. The first kappa shape index (κ1) is 17.1. The first-order valence-electron chi connectivity index (χ1n) is 6.94. The molecule has 0 saturated carbocycles. The molecular weight excluding hydrogens is 326 g/mol. The number of hydrogen-bond donors (Lipinski definition) is 2. The van der Waals surface area contributed by atoms with E-state index in [1.807, 2.05) is 0 Å². The van der Waals surface area contributed by atoms with Crippen molar-refractivity contribution in [3.05, 3.63) is 16.8 Å². The number of ether oxygens (including phenoxy) is 2. The molecule has 1 aromatic heterocycles. The highest BCUT2D eigenvalue weighted by Gasteiger charge is 2.35. The minimum Gasteiger partial charge on any atom is -0.445 e. The number of carbonyl (C=O) groups excluding carboxylic acids is 2. The fourth-order valence-corrected chi connectivity index (χ4v) is 4.26. The number of aromatic nitrogens is 1. The van der Waals surface area contributed by atoms with Crippen molar-refractivity contribution in [3.8, 4) is 0 Å². The fraction of sp³-hybridized carbons (Fsp3) is 0.538. The van der Waals surface area contributed by atoms with Gasteiger partial charge in [0.05, 0.1) is 5.75 Å². The average Bonchev–Trinajstić information content (AvgIpc) is 2.98. The van der Waals surface area contributed by atoms with E-state index in [4.69, 9.17) is 9.47 Å².